The van der Waals surface area contributed by atoms with Crippen molar-refractivity contribution in [3.63, 3.8) is 0 Å². The number of ether oxygens (including phenoxy) is 2. The third kappa shape index (κ3) is 5.33. The zero-order chi connectivity index (χ0) is 13.4. The second-order valence-electron chi connectivity index (χ2n) is 4.90. The Kier molecular flexibility index (Phi) is 7.23. The van der Waals surface area contributed by atoms with Crippen molar-refractivity contribution in [2.45, 2.75) is 32.2 Å². The van der Waals surface area contributed by atoms with E-state index >= 15 is 0 Å². The van der Waals surface area contributed by atoms with Crippen LogP contribution in [-0.2, 0) is 14.3 Å². The highest BCUT2D eigenvalue weighted by atomic mass is 16.5. The van der Waals surface area contributed by atoms with Gasteiger partial charge in [-0.25, -0.2) is 0 Å². The molecule has 0 amide bonds. The average Bonchev–Trinajstić information content (AvgIpc) is 2.35. The highest BCUT2D eigenvalue weighted by Gasteiger charge is 2.29. The summed E-state index contributed by atoms with van der Waals surface area (Å²) < 4.78 is 10.5. The molecule has 1 heterocycles. The summed E-state index contributed by atoms with van der Waals surface area (Å²) in [6.07, 6.45) is 2.43. The van der Waals surface area contributed by atoms with E-state index in [9.17, 15) is 4.79 Å². The van der Waals surface area contributed by atoms with Crippen LogP contribution < -0.4 is 0 Å². The normalized spacial score (nSPS) is 25.2. The summed E-state index contributed by atoms with van der Waals surface area (Å²) in [4.78, 5) is 13.2. The fourth-order valence-electron chi connectivity index (χ4n) is 2.37. The molecular weight excluding hydrogens is 234 g/mol. The van der Waals surface area contributed by atoms with Crippen LogP contribution in [0, 0.1) is 5.92 Å². The highest BCUT2D eigenvalue weighted by Crippen LogP contribution is 2.22. The molecule has 1 N–H and O–H groups in total. The first-order chi connectivity index (χ1) is 8.65. The molecule has 0 aromatic carbocycles. The molecule has 1 aliphatic rings. The van der Waals surface area contributed by atoms with E-state index in [0.29, 0.717) is 12.6 Å². The van der Waals surface area contributed by atoms with Crippen molar-refractivity contribution in [3.05, 3.63) is 0 Å². The molecule has 0 aromatic heterocycles. The van der Waals surface area contributed by atoms with E-state index in [0.717, 1.165) is 45.6 Å². The van der Waals surface area contributed by atoms with Gasteiger partial charge in [0, 0.05) is 32.9 Å². The van der Waals surface area contributed by atoms with Crippen molar-refractivity contribution in [2.24, 2.45) is 5.92 Å². The molecule has 0 radical (unpaired) electrons. The van der Waals surface area contributed by atoms with Crippen LogP contribution >= 0.6 is 0 Å². The lowest BCUT2D eigenvalue weighted by molar-refractivity contribution is -0.144. The lowest BCUT2D eigenvalue weighted by Gasteiger charge is -2.36. The quantitative estimate of drug-likeness (QED) is 0.664. The van der Waals surface area contributed by atoms with E-state index < -0.39 is 5.97 Å². The zero-order valence-corrected chi connectivity index (χ0v) is 11.4. The molecule has 1 rings (SSSR count). The third-order valence-electron chi connectivity index (χ3n) is 3.52. The van der Waals surface area contributed by atoms with Gasteiger partial charge in [-0.15, -0.1) is 0 Å². The van der Waals surface area contributed by atoms with E-state index in [1.54, 1.807) is 7.11 Å². The second kappa shape index (κ2) is 8.45. The van der Waals surface area contributed by atoms with Crippen LogP contribution in [0.2, 0.25) is 0 Å². The van der Waals surface area contributed by atoms with Crippen LogP contribution in [0.15, 0.2) is 0 Å². The summed E-state index contributed by atoms with van der Waals surface area (Å²) in [7, 11) is 1.69. The van der Waals surface area contributed by atoms with Gasteiger partial charge in [-0.2, -0.15) is 0 Å². The van der Waals surface area contributed by atoms with Gasteiger partial charge in [0.05, 0.1) is 12.5 Å². The topological polar surface area (TPSA) is 59.0 Å². The molecule has 0 aliphatic carbocycles. The Morgan fingerprint density at radius 1 is 1.39 bits per heavy atom. The maximum Gasteiger partial charge on any atom is 0.306 e. The fourth-order valence-corrected chi connectivity index (χ4v) is 2.37. The minimum Gasteiger partial charge on any atom is -0.481 e. The predicted molar refractivity (Wildman–Crippen MR) is 68.7 cm³/mol. The van der Waals surface area contributed by atoms with Crippen molar-refractivity contribution >= 4 is 5.97 Å². The molecule has 1 fully saturated rings. The molecule has 2 unspecified atom stereocenters. The minimum absolute atomic E-state index is 0.168. The Morgan fingerprint density at radius 2 is 2.17 bits per heavy atom. The Morgan fingerprint density at radius 3 is 2.78 bits per heavy atom. The van der Waals surface area contributed by atoms with Gasteiger partial charge in [0.25, 0.3) is 0 Å². The first-order valence-electron chi connectivity index (χ1n) is 6.68. The molecule has 0 bridgehead atoms. The van der Waals surface area contributed by atoms with E-state index in [2.05, 4.69) is 11.8 Å². The summed E-state index contributed by atoms with van der Waals surface area (Å²) >= 11 is 0. The number of aliphatic carboxylic acids is 1. The molecule has 1 saturated heterocycles. The molecule has 0 aromatic rings. The molecule has 5 nitrogen and oxygen atoms in total. The van der Waals surface area contributed by atoms with Gasteiger partial charge in [0.15, 0.2) is 0 Å². The molecule has 106 valence electrons. The SMILES string of the molecule is COCCCOCCN1CCC(C(=O)O)CC1C. The largest absolute Gasteiger partial charge is 0.481 e. The standard InChI is InChI=1S/C13H25NO4/c1-11-10-12(13(15)16)4-5-14(11)6-9-18-8-3-7-17-2/h11-12H,3-10H2,1-2H3,(H,15,16). The molecule has 1 aliphatic heterocycles. The molecule has 0 saturated carbocycles. The van der Waals surface area contributed by atoms with Gasteiger partial charge < -0.3 is 14.6 Å². The monoisotopic (exact) mass is 259 g/mol. The number of hydrogen-bond donors (Lipinski definition) is 1. The first kappa shape index (κ1) is 15.4. The average molecular weight is 259 g/mol. The van der Waals surface area contributed by atoms with Crippen molar-refractivity contribution in [3.8, 4) is 0 Å². The van der Waals surface area contributed by atoms with Crippen LogP contribution in [0.3, 0.4) is 0 Å². The molecule has 0 spiro atoms. The zero-order valence-electron chi connectivity index (χ0n) is 11.4. The lowest BCUT2D eigenvalue weighted by atomic mass is 9.92. The Balaban J connectivity index is 2.10. The van der Waals surface area contributed by atoms with Crippen molar-refractivity contribution in [1.29, 1.82) is 0 Å². The Bertz CT molecular complexity index is 247. The maximum atomic E-state index is 10.9. The fraction of sp³-hybridized carbons (Fsp3) is 0.923. The van der Waals surface area contributed by atoms with Gasteiger partial charge in [0.1, 0.15) is 0 Å². The smallest absolute Gasteiger partial charge is 0.306 e. The lowest BCUT2D eigenvalue weighted by Crippen LogP contribution is -2.44. The van der Waals surface area contributed by atoms with E-state index in [-0.39, 0.29) is 5.92 Å². The molecule has 2 atom stereocenters. The van der Waals surface area contributed by atoms with Crippen LogP contribution in [0.25, 0.3) is 0 Å². The number of methoxy groups -OCH3 is 1. The number of piperidine rings is 1. The summed E-state index contributed by atoms with van der Waals surface area (Å²) in [5.74, 6) is -0.823. The third-order valence-corrected chi connectivity index (χ3v) is 3.52. The molecule has 18 heavy (non-hydrogen) atoms. The van der Waals surface area contributed by atoms with Crippen LogP contribution in [0.1, 0.15) is 26.2 Å². The summed E-state index contributed by atoms with van der Waals surface area (Å²) in [6.45, 7) is 6.03. The van der Waals surface area contributed by atoms with Crippen LogP contribution in [-0.4, -0.2) is 62.0 Å². The number of carbonyl (C=O) groups is 1. The summed E-state index contributed by atoms with van der Waals surface area (Å²) in [6, 6.07) is 0.336. The molecular formula is C13H25NO4. The van der Waals surface area contributed by atoms with Crippen molar-refractivity contribution in [1.82, 2.24) is 4.90 Å². The first-order valence-corrected chi connectivity index (χ1v) is 6.68. The number of carboxylic acids is 1. The predicted octanol–water partition coefficient (Wildman–Crippen LogP) is 1.22. The van der Waals surface area contributed by atoms with E-state index in [4.69, 9.17) is 14.6 Å². The summed E-state index contributed by atoms with van der Waals surface area (Å²) in [5, 5.41) is 8.98. The van der Waals surface area contributed by atoms with Crippen LogP contribution in [0.4, 0.5) is 0 Å². The van der Waals surface area contributed by atoms with E-state index in [1.165, 1.54) is 0 Å². The molecule has 5 heteroatoms. The number of nitrogens with zero attached hydrogens (tertiary/aromatic N) is 1. The van der Waals surface area contributed by atoms with Crippen molar-refractivity contribution < 1.29 is 19.4 Å². The van der Waals surface area contributed by atoms with Gasteiger partial charge in [0.2, 0.25) is 0 Å². The Hall–Kier alpha value is -0.650. The number of hydrogen-bond acceptors (Lipinski definition) is 4. The number of carboxylic acid groups (broad SMARTS) is 1. The number of rotatable bonds is 8. The van der Waals surface area contributed by atoms with Gasteiger partial charge in [-0.1, -0.05) is 0 Å². The number of likely N-dealkylation sites (tertiary alicyclic amines) is 1. The van der Waals surface area contributed by atoms with Gasteiger partial charge in [-0.05, 0) is 32.7 Å². The van der Waals surface area contributed by atoms with Crippen molar-refractivity contribution in [2.75, 3.05) is 40.0 Å². The maximum absolute atomic E-state index is 10.9. The van der Waals surface area contributed by atoms with Gasteiger partial charge >= 0.3 is 5.97 Å². The Labute approximate surface area is 109 Å². The van der Waals surface area contributed by atoms with E-state index in [1.807, 2.05) is 0 Å². The van der Waals surface area contributed by atoms with Crippen LogP contribution in [0.5, 0.6) is 0 Å². The minimum atomic E-state index is -0.655. The second-order valence-corrected chi connectivity index (χ2v) is 4.90. The summed E-state index contributed by atoms with van der Waals surface area (Å²) in [5.41, 5.74) is 0. The highest BCUT2D eigenvalue weighted by molar-refractivity contribution is 5.70. The van der Waals surface area contributed by atoms with Gasteiger partial charge in [-0.3, -0.25) is 9.69 Å².